The van der Waals surface area contributed by atoms with Gasteiger partial charge in [0.1, 0.15) is 5.75 Å². The van der Waals surface area contributed by atoms with Gasteiger partial charge in [-0.1, -0.05) is 50.6 Å². The Morgan fingerprint density at radius 3 is 2.55 bits per heavy atom. The van der Waals surface area contributed by atoms with Crippen molar-refractivity contribution < 1.29 is 17.9 Å². The van der Waals surface area contributed by atoms with Gasteiger partial charge in [0.2, 0.25) is 0 Å². The molecule has 2 heterocycles. The number of aromatic nitrogens is 1. The van der Waals surface area contributed by atoms with E-state index in [1.54, 1.807) is 12.1 Å². The van der Waals surface area contributed by atoms with E-state index >= 15 is 0 Å². The van der Waals surface area contributed by atoms with Crippen LogP contribution in [0.2, 0.25) is 4.34 Å². The van der Waals surface area contributed by atoms with Crippen LogP contribution in [0, 0.1) is 0 Å². The first kappa shape index (κ1) is 23.9. The molecule has 0 amide bonds. The zero-order valence-corrected chi connectivity index (χ0v) is 19.5. The molecule has 9 heteroatoms. The highest BCUT2D eigenvalue weighted by molar-refractivity contribution is 7.20. The lowest BCUT2D eigenvalue weighted by Gasteiger charge is -2.15. The number of thiophene rings is 1. The molecular weight excluding hydrogens is 465 g/mol. The standard InChI is InChI=1S/C22H24ClF3N2OS2/c1-2-3-4-5-6-7-12-29-18-9-8-15(13-16(18)22(24,25)26)27-21-28-17(14-30-21)19-10-11-20(23)31-19/h8-11,13-14H,2-7,12H2,1H3,(H,27,28). The van der Waals surface area contributed by atoms with Gasteiger partial charge in [-0.25, -0.2) is 4.98 Å². The summed E-state index contributed by atoms with van der Waals surface area (Å²) in [5.74, 6) is -0.139. The zero-order valence-electron chi connectivity index (χ0n) is 17.1. The molecule has 0 saturated heterocycles. The van der Waals surface area contributed by atoms with E-state index in [4.69, 9.17) is 16.3 Å². The Morgan fingerprint density at radius 2 is 1.84 bits per heavy atom. The highest BCUT2D eigenvalue weighted by Gasteiger charge is 2.34. The number of hydrogen-bond acceptors (Lipinski definition) is 5. The van der Waals surface area contributed by atoms with Crippen LogP contribution in [0.1, 0.15) is 51.0 Å². The van der Waals surface area contributed by atoms with Crippen LogP contribution in [-0.2, 0) is 6.18 Å². The van der Waals surface area contributed by atoms with Gasteiger partial charge >= 0.3 is 6.18 Å². The minimum atomic E-state index is -4.50. The van der Waals surface area contributed by atoms with Crippen molar-refractivity contribution in [3.63, 3.8) is 0 Å². The van der Waals surface area contributed by atoms with E-state index in [0.717, 1.165) is 48.7 Å². The van der Waals surface area contributed by atoms with Crippen LogP contribution in [0.4, 0.5) is 24.0 Å². The van der Waals surface area contributed by atoms with E-state index in [1.165, 1.54) is 35.2 Å². The van der Waals surface area contributed by atoms with Crippen LogP contribution in [0.15, 0.2) is 35.7 Å². The van der Waals surface area contributed by atoms with Crippen LogP contribution in [0.5, 0.6) is 5.75 Å². The number of benzene rings is 1. The number of alkyl halides is 3. The summed E-state index contributed by atoms with van der Waals surface area (Å²) < 4.78 is 46.9. The normalized spacial score (nSPS) is 11.6. The van der Waals surface area contributed by atoms with E-state index in [-0.39, 0.29) is 12.4 Å². The van der Waals surface area contributed by atoms with Gasteiger partial charge in [0.05, 0.1) is 27.1 Å². The Hall–Kier alpha value is -1.77. The number of hydrogen-bond donors (Lipinski definition) is 1. The van der Waals surface area contributed by atoms with Gasteiger partial charge in [-0.2, -0.15) is 13.2 Å². The predicted molar refractivity (Wildman–Crippen MR) is 124 cm³/mol. The molecule has 3 aromatic rings. The number of ether oxygens (including phenoxy) is 1. The van der Waals surface area contributed by atoms with Crippen molar-refractivity contribution >= 4 is 45.1 Å². The van der Waals surface area contributed by atoms with Gasteiger partial charge in [0.25, 0.3) is 0 Å². The Balaban J connectivity index is 1.64. The number of nitrogens with zero attached hydrogens (tertiary/aromatic N) is 1. The number of nitrogens with one attached hydrogen (secondary N) is 1. The van der Waals surface area contributed by atoms with Gasteiger partial charge < -0.3 is 10.1 Å². The molecule has 31 heavy (non-hydrogen) atoms. The first-order valence-corrected chi connectivity index (χ1v) is 12.3. The third kappa shape index (κ3) is 7.12. The number of rotatable bonds is 11. The van der Waals surface area contributed by atoms with Crippen molar-refractivity contribution in [1.29, 1.82) is 0 Å². The lowest BCUT2D eigenvalue weighted by atomic mass is 10.1. The Kier molecular flexibility index (Phi) is 8.63. The molecule has 0 aliphatic rings. The van der Waals surface area contributed by atoms with E-state index in [9.17, 15) is 13.2 Å². The largest absolute Gasteiger partial charge is 0.493 e. The Morgan fingerprint density at radius 1 is 1.06 bits per heavy atom. The molecule has 0 atom stereocenters. The number of anilines is 2. The fourth-order valence-electron chi connectivity index (χ4n) is 3.04. The minimum absolute atomic E-state index is 0.139. The number of halogens is 4. The summed E-state index contributed by atoms with van der Waals surface area (Å²) in [6.07, 6.45) is 1.79. The van der Waals surface area contributed by atoms with Crippen LogP contribution in [0.3, 0.4) is 0 Å². The Labute approximate surface area is 193 Å². The highest BCUT2D eigenvalue weighted by Crippen LogP contribution is 2.39. The van der Waals surface area contributed by atoms with Crippen LogP contribution in [0.25, 0.3) is 10.6 Å². The third-order valence-corrected chi connectivity index (χ3v) is 6.63. The molecule has 3 nitrogen and oxygen atoms in total. The lowest BCUT2D eigenvalue weighted by Crippen LogP contribution is -2.10. The fraction of sp³-hybridized carbons (Fsp3) is 0.409. The molecule has 3 rings (SSSR count). The summed E-state index contributed by atoms with van der Waals surface area (Å²) in [4.78, 5) is 5.35. The van der Waals surface area contributed by atoms with Crippen molar-refractivity contribution in [3.05, 3.63) is 45.6 Å². The summed E-state index contributed by atoms with van der Waals surface area (Å²) in [6, 6.07) is 7.67. The van der Waals surface area contributed by atoms with Crippen molar-refractivity contribution in [2.24, 2.45) is 0 Å². The van der Waals surface area contributed by atoms with E-state index < -0.39 is 11.7 Å². The minimum Gasteiger partial charge on any atom is -0.493 e. The molecule has 0 aliphatic heterocycles. The van der Waals surface area contributed by atoms with E-state index in [2.05, 4.69) is 17.2 Å². The maximum Gasteiger partial charge on any atom is 0.420 e. The smallest absolute Gasteiger partial charge is 0.420 e. The average Bonchev–Trinajstić information content (AvgIpc) is 3.36. The third-order valence-electron chi connectivity index (χ3n) is 4.62. The summed E-state index contributed by atoms with van der Waals surface area (Å²) in [5, 5.41) is 5.31. The van der Waals surface area contributed by atoms with Gasteiger partial charge in [-0.05, 0) is 36.8 Å². The predicted octanol–water partition coefficient (Wildman–Crippen LogP) is 9.03. The first-order valence-electron chi connectivity index (χ1n) is 10.2. The van der Waals surface area contributed by atoms with Crippen molar-refractivity contribution in [3.8, 4) is 16.3 Å². The van der Waals surface area contributed by atoms with Gasteiger partial charge in [0, 0.05) is 11.1 Å². The summed E-state index contributed by atoms with van der Waals surface area (Å²) in [6.45, 7) is 2.43. The van der Waals surface area contributed by atoms with Gasteiger partial charge in [-0.3, -0.25) is 0 Å². The van der Waals surface area contributed by atoms with Crippen molar-refractivity contribution in [2.75, 3.05) is 11.9 Å². The molecular formula is C22H24ClF3N2OS2. The molecule has 0 aliphatic carbocycles. The lowest BCUT2D eigenvalue weighted by molar-refractivity contribution is -0.138. The second-order valence-corrected chi connectivity index (χ2v) is 9.66. The quantitative estimate of drug-likeness (QED) is 0.273. The average molecular weight is 489 g/mol. The maximum absolute atomic E-state index is 13.6. The highest BCUT2D eigenvalue weighted by atomic mass is 35.5. The SMILES string of the molecule is CCCCCCCCOc1ccc(Nc2nc(-c3ccc(Cl)s3)cs2)cc1C(F)(F)F. The molecule has 0 radical (unpaired) electrons. The second-order valence-electron chi connectivity index (χ2n) is 7.09. The Bertz CT molecular complexity index is 972. The molecule has 0 unspecified atom stereocenters. The number of thiazole rings is 1. The molecule has 0 fully saturated rings. The molecule has 0 bridgehead atoms. The van der Waals surface area contributed by atoms with Gasteiger partial charge in [-0.15, -0.1) is 22.7 Å². The van der Waals surface area contributed by atoms with Crippen molar-refractivity contribution in [2.45, 2.75) is 51.6 Å². The molecule has 1 N–H and O–H groups in total. The summed E-state index contributed by atoms with van der Waals surface area (Å²) >= 11 is 8.67. The van der Waals surface area contributed by atoms with Crippen LogP contribution < -0.4 is 10.1 Å². The maximum atomic E-state index is 13.6. The van der Waals surface area contributed by atoms with E-state index in [0.29, 0.717) is 15.2 Å². The monoisotopic (exact) mass is 488 g/mol. The van der Waals surface area contributed by atoms with Crippen LogP contribution >= 0.6 is 34.3 Å². The van der Waals surface area contributed by atoms with Crippen LogP contribution in [-0.4, -0.2) is 11.6 Å². The topological polar surface area (TPSA) is 34.1 Å². The zero-order chi connectivity index (χ0) is 22.3. The molecule has 0 spiro atoms. The molecule has 0 saturated carbocycles. The fourth-order valence-corrected chi connectivity index (χ4v) is 4.85. The number of unbranched alkanes of at least 4 members (excludes halogenated alkanes) is 5. The second kappa shape index (κ2) is 11.2. The first-order chi connectivity index (χ1) is 14.9. The molecule has 168 valence electrons. The van der Waals surface area contributed by atoms with E-state index in [1.807, 2.05) is 11.4 Å². The molecule has 2 aromatic heterocycles. The van der Waals surface area contributed by atoms with Crippen molar-refractivity contribution in [1.82, 2.24) is 4.98 Å². The molecule has 1 aromatic carbocycles. The van der Waals surface area contributed by atoms with Gasteiger partial charge in [0.15, 0.2) is 5.13 Å². The summed E-state index contributed by atoms with van der Waals surface area (Å²) in [7, 11) is 0. The summed E-state index contributed by atoms with van der Waals surface area (Å²) in [5.41, 5.74) is 0.258.